The molecule has 1 aromatic rings. The van der Waals surface area contributed by atoms with E-state index in [-0.39, 0.29) is 6.61 Å². The smallest absolute Gasteiger partial charge is 0.115 e. The van der Waals surface area contributed by atoms with Gasteiger partial charge in [-0.25, -0.2) is 0 Å². The normalized spacial score (nSPS) is 10.3. The Hall–Kier alpha value is -1.02. The quantitative estimate of drug-likeness (QED) is 0.696. The highest BCUT2D eigenvalue weighted by Crippen LogP contribution is 2.17. The second-order valence-corrected chi connectivity index (χ2v) is 3.29. The third-order valence-electron chi connectivity index (χ3n) is 2.19. The number of aliphatic hydroxyl groups is 1. The second kappa shape index (κ2) is 4.87. The van der Waals surface area contributed by atoms with E-state index in [0.29, 0.717) is 5.75 Å². The molecule has 0 heterocycles. The SMILES string of the molecule is Cc1ccc(O)cc1CCCCO. The van der Waals surface area contributed by atoms with Crippen LogP contribution in [0.25, 0.3) is 0 Å². The number of phenolic OH excluding ortho intramolecular Hbond substituents is 1. The van der Waals surface area contributed by atoms with E-state index in [4.69, 9.17) is 5.11 Å². The van der Waals surface area contributed by atoms with Crippen molar-refractivity contribution in [3.05, 3.63) is 29.3 Å². The first-order valence-electron chi connectivity index (χ1n) is 4.63. The van der Waals surface area contributed by atoms with Crippen LogP contribution in [0.15, 0.2) is 18.2 Å². The van der Waals surface area contributed by atoms with Crippen molar-refractivity contribution in [3.8, 4) is 5.75 Å². The van der Waals surface area contributed by atoms with Crippen LogP contribution in [0.5, 0.6) is 5.75 Å². The lowest BCUT2D eigenvalue weighted by Gasteiger charge is -2.05. The van der Waals surface area contributed by atoms with Gasteiger partial charge in [0.25, 0.3) is 0 Å². The van der Waals surface area contributed by atoms with Crippen molar-refractivity contribution in [2.45, 2.75) is 26.2 Å². The fourth-order valence-corrected chi connectivity index (χ4v) is 1.35. The Balaban J connectivity index is 2.59. The van der Waals surface area contributed by atoms with E-state index in [1.165, 1.54) is 11.1 Å². The van der Waals surface area contributed by atoms with Crippen molar-refractivity contribution in [1.29, 1.82) is 0 Å². The Bertz CT molecular complexity index is 269. The maximum absolute atomic E-state index is 9.24. The highest BCUT2D eigenvalue weighted by atomic mass is 16.3. The van der Waals surface area contributed by atoms with Gasteiger partial charge >= 0.3 is 0 Å². The zero-order chi connectivity index (χ0) is 9.68. The van der Waals surface area contributed by atoms with Crippen molar-refractivity contribution < 1.29 is 10.2 Å². The molecule has 0 bridgehead atoms. The summed E-state index contributed by atoms with van der Waals surface area (Å²) >= 11 is 0. The molecule has 0 atom stereocenters. The molecule has 72 valence electrons. The van der Waals surface area contributed by atoms with Gasteiger partial charge in [-0.05, 0) is 49.4 Å². The van der Waals surface area contributed by atoms with Crippen molar-refractivity contribution in [3.63, 3.8) is 0 Å². The maximum Gasteiger partial charge on any atom is 0.115 e. The summed E-state index contributed by atoms with van der Waals surface area (Å²) < 4.78 is 0. The highest BCUT2D eigenvalue weighted by molar-refractivity contribution is 5.33. The first-order chi connectivity index (χ1) is 6.24. The Morgan fingerprint density at radius 3 is 2.69 bits per heavy atom. The molecule has 1 rings (SSSR count). The maximum atomic E-state index is 9.24. The van der Waals surface area contributed by atoms with Gasteiger partial charge < -0.3 is 10.2 Å². The van der Waals surface area contributed by atoms with Gasteiger partial charge in [-0.1, -0.05) is 6.07 Å². The molecule has 1 aromatic carbocycles. The summed E-state index contributed by atoms with van der Waals surface area (Å²) in [7, 11) is 0. The van der Waals surface area contributed by atoms with Crippen molar-refractivity contribution in [2.24, 2.45) is 0 Å². The van der Waals surface area contributed by atoms with Crippen LogP contribution in [0.3, 0.4) is 0 Å². The summed E-state index contributed by atoms with van der Waals surface area (Å²) in [5, 5.41) is 17.9. The van der Waals surface area contributed by atoms with Crippen molar-refractivity contribution in [2.75, 3.05) is 6.61 Å². The zero-order valence-electron chi connectivity index (χ0n) is 7.95. The Kier molecular flexibility index (Phi) is 3.77. The van der Waals surface area contributed by atoms with Gasteiger partial charge in [0.15, 0.2) is 0 Å². The number of unbranched alkanes of at least 4 members (excludes halogenated alkanes) is 1. The van der Waals surface area contributed by atoms with Gasteiger partial charge in [0, 0.05) is 6.61 Å². The van der Waals surface area contributed by atoms with Crippen molar-refractivity contribution in [1.82, 2.24) is 0 Å². The minimum absolute atomic E-state index is 0.248. The molecule has 0 saturated heterocycles. The van der Waals surface area contributed by atoms with E-state index in [1.807, 2.05) is 13.0 Å². The minimum Gasteiger partial charge on any atom is -0.508 e. The molecule has 0 aliphatic heterocycles. The molecule has 0 unspecified atom stereocenters. The minimum atomic E-state index is 0.248. The average molecular weight is 180 g/mol. The molecule has 0 spiro atoms. The molecule has 2 nitrogen and oxygen atoms in total. The number of aliphatic hydroxyl groups excluding tert-OH is 1. The van der Waals surface area contributed by atoms with Gasteiger partial charge in [0.2, 0.25) is 0 Å². The van der Waals surface area contributed by atoms with E-state index in [0.717, 1.165) is 19.3 Å². The summed E-state index contributed by atoms with van der Waals surface area (Å²) in [5.74, 6) is 0.324. The van der Waals surface area contributed by atoms with Crippen LogP contribution < -0.4 is 0 Å². The van der Waals surface area contributed by atoms with Gasteiger partial charge in [-0.3, -0.25) is 0 Å². The van der Waals surface area contributed by atoms with Crippen LogP contribution >= 0.6 is 0 Å². The molecule has 0 aromatic heterocycles. The number of rotatable bonds is 4. The lowest BCUT2D eigenvalue weighted by atomic mass is 10.0. The largest absolute Gasteiger partial charge is 0.508 e. The predicted octanol–water partition coefficient (Wildman–Crippen LogP) is 2.02. The van der Waals surface area contributed by atoms with Crippen LogP contribution in [0, 0.1) is 6.92 Å². The van der Waals surface area contributed by atoms with Gasteiger partial charge in [-0.2, -0.15) is 0 Å². The Labute approximate surface area is 78.8 Å². The molecular weight excluding hydrogens is 164 g/mol. The van der Waals surface area contributed by atoms with Crippen molar-refractivity contribution >= 4 is 0 Å². The van der Waals surface area contributed by atoms with E-state index in [2.05, 4.69) is 0 Å². The molecule has 2 N–H and O–H groups in total. The summed E-state index contributed by atoms with van der Waals surface area (Å²) in [6.07, 6.45) is 2.73. The van der Waals surface area contributed by atoms with Gasteiger partial charge in [-0.15, -0.1) is 0 Å². The molecular formula is C11H16O2. The number of phenols is 1. The first-order valence-corrected chi connectivity index (χ1v) is 4.63. The molecule has 0 amide bonds. The molecule has 13 heavy (non-hydrogen) atoms. The second-order valence-electron chi connectivity index (χ2n) is 3.29. The number of aromatic hydroxyl groups is 1. The lowest BCUT2D eigenvalue weighted by Crippen LogP contribution is -1.91. The van der Waals surface area contributed by atoms with Gasteiger partial charge in [0.05, 0.1) is 0 Å². The average Bonchev–Trinajstić information content (AvgIpc) is 2.11. The third kappa shape index (κ3) is 3.07. The first kappa shape index (κ1) is 10.1. The van der Waals surface area contributed by atoms with Crippen LogP contribution in [-0.2, 0) is 6.42 Å². The summed E-state index contributed by atoms with van der Waals surface area (Å²) in [4.78, 5) is 0. The molecule has 0 saturated carbocycles. The monoisotopic (exact) mass is 180 g/mol. The molecule has 0 radical (unpaired) electrons. The summed E-state index contributed by atoms with van der Waals surface area (Å²) in [5.41, 5.74) is 2.38. The zero-order valence-corrected chi connectivity index (χ0v) is 7.95. The molecule has 2 heteroatoms. The summed E-state index contributed by atoms with van der Waals surface area (Å²) in [6.45, 7) is 2.28. The van der Waals surface area contributed by atoms with E-state index in [9.17, 15) is 5.11 Å². The standard InChI is InChI=1S/C11H16O2/c1-9-5-6-11(13)8-10(9)4-2-3-7-12/h5-6,8,12-13H,2-4,7H2,1H3. The van der Waals surface area contributed by atoms with Crippen LogP contribution in [0.1, 0.15) is 24.0 Å². The van der Waals surface area contributed by atoms with E-state index in [1.54, 1.807) is 12.1 Å². The number of hydrogen-bond donors (Lipinski definition) is 2. The number of benzene rings is 1. The number of aryl methyl sites for hydroxylation is 2. The summed E-state index contributed by atoms with van der Waals surface area (Å²) in [6, 6.07) is 5.42. The highest BCUT2D eigenvalue weighted by Gasteiger charge is 1.99. The predicted molar refractivity (Wildman–Crippen MR) is 52.9 cm³/mol. The van der Waals surface area contributed by atoms with Crippen LogP contribution in [0.4, 0.5) is 0 Å². The van der Waals surface area contributed by atoms with Crippen LogP contribution in [0.2, 0.25) is 0 Å². The fraction of sp³-hybridized carbons (Fsp3) is 0.455. The Morgan fingerprint density at radius 2 is 2.00 bits per heavy atom. The molecule has 0 aliphatic rings. The van der Waals surface area contributed by atoms with E-state index < -0.39 is 0 Å². The third-order valence-corrected chi connectivity index (χ3v) is 2.19. The Morgan fingerprint density at radius 1 is 1.23 bits per heavy atom. The lowest BCUT2D eigenvalue weighted by molar-refractivity contribution is 0.284. The van der Waals surface area contributed by atoms with Crippen LogP contribution in [-0.4, -0.2) is 16.8 Å². The fourth-order valence-electron chi connectivity index (χ4n) is 1.35. The topological polar surface area (TPSA) is 40.5 Å². The van der Waals surface area contributed by atoms with Gasteiger partial charge in [0.1, 0.15) is 5.75 Å². The molecule has 0 aliphatic carbocycles. The molecule has 0 fully saturated rings. The number of hydrogen-bond acceptors (Lipinski definition) is 2. The van der Waals surface area contributed by atoms with E-state index >= 15 is 0 Å².